The summed E-state index contributed by atoms with van der Waals surface area (Å²) >= 11 is 0. The molecule has 0 bridgehead atoms. The Balaban J connectivity index is 2.13. The lowest BCUT2D eigenvalue weighted by Crippen LogP contribution is -2.29. The number of hydrogen-bond donors (Lipinski definition) is 2. The van der Waals surface area contributed by atoms with Crippen LogP contribution in [0.1, 0.15) is 12.1 Å². The number of anilines is 1. The molecular weight excluding hydrogens is 263 g/mol. The van der Waals surface area contributed by atoms with Gasteiger partial charge in [0.2, 0.25) is 0 Å². The van der Waals surface area contributed by atoms with Crippen LogP contribution in [0.5, 0.6) is 0 Å². The van der Waals surface area contributed by atoms with Gasteiger partial charge in [-0.2, -0.15) is 13.2 Å². The van der Waals surface area contributed by atoms with E-state index in [-0.39, 0.29) is 12.6 Å². The largest absolute Gasteiger partial charge is 0.433 e. The van der Waals surface area contributed by atoms with Gasteiger partial charge in [-0.25, -0.2) is 9.78 Å². The van der Waals surface area contributed by atoms with Crippen molar-refractivity contribution in [1.29, 1.82) is 0 Å². The fraction of sp³-hybridized carbons (Fsp3) is 0.455. The van der Waals surface area contributed by atoms with Crippen molar-refractivity contribution in [2.24, 2.45) is 0 Å². The van der Waals surface area contributed by atoms with Crippen LogP contribution in [0.4, 0.5) is 23.7 Å². The summed E-state index contributed by atoms with van der Waals surface area (Å²) in [6, 6.07) is 1.43. The number of nitrogens with one attached hydrogen (secondary N) is 1. The molecule has 1 atom stereocenters. The Morgan fingerprint density at radius 2 is 2.21 bits per heavy atom. The van der Waals surface area contributed by atoms with E-state index >= 15 is 0 Å². The van der Waals surface area contributed by atoms with Crippen molar-refractivity contribution in [3.8, 4) is 0 Å². The Labute approximate surface area is 107 Å². The molecule has 2 heterocycles. The maximum atomic E-state index is 12.4. The fourth-order valence-electron chi connectivity index (χ4n) is 1.86. The number of carbonyl (C=O) groups is 1. The molecule has 0 spiro atoms. The Bertz CT molecular complexity index is 461. The van der Waals surface area contributed by atoms with Gasteiger partial charge in [0.25, 0.3) is 0 Å². The second kappa shape index (κ2) is 5.04. The van der Waals surface area contributed by atoms with E-state index in [0.29, 0.717) is 18.7 Å². The number of aliphatic hydroxyl groups excluding tert-OH is 1. The summed E-state index contributed by atoms with van der Waals surface area (Å²) < 4.78 is 37.1. The van der Waals surface area contributed by atoms with Crippen LogP contribution in [0, 0.1) is 0 Å². The lowest BCUT2D eigenvalue weighted by atomic mass is 10.2. The van der Waals surface area contributed by atoms with Gasteiger partial charge in [-0.15, -0.1) is 0 Å². The first-order chi connectivity index (χ1) is 8.91. The molecule has 1 fully saturated rings. The second-order valence-electron chi connectivity index (χ2n) is 4.17. The van der Waals surface area contributed by atoms with Crippen molar-refractivity contribution >= 4 is 11.7 Å². The van der Waals surface area contributed by atoms with Crippen LogP contribution >= 0.6 is 0 Å². The summed E-state index contributed by atoms with van der Waals surface area (Å²) in [6.07, 6.45) is -3.08. The molecule has 1 saturated heterocycles. The SMILES string of the molecule is O=C1N[C@@H](CCO)CN1c1ccc(C(F)(F)F)nc1. The highest BCUT2D eigenvalue weighted by molar-refractivity contribution is 5.94. The Kier molecular flexibility index (Phi) is 3.61. The lowest BCUT2D eigenvalue weighted by Gasteiger charge is -2.15. The van der Waals surface area contributed by atoms with Crippen LogP contribution in [-0.4, -0.2) is 35.3 Å². The van der Waals surface area contributed by atoms with Gasteiger partial charge in [-0.05, 0) is 18.6 Å². The van der Waals surface area contributed by atoms with Crippen molar-refractivity contribution in [2.75, 3.05) is 18.1 Å². The highest BCUT2D eigenvalue weighted by atomic mass is 19.4. The van der Waals surface area contributed by atoms with Gasteiger partial charge in [0.05, 0.1) is 17.9 Å². The highest BCUT2D eigenvalue weighted by Gasteiger charge is 2.33. The number of amides is 2. The number of aromatic nitrogens is 1. The average molecular weight is 275 g/mol. The number of urea groups is 1. The molecule has 1 aliphatic rings. The summed E-state index contributed by atoms with van der Waals surface area (Å²) in [5.74, 6) is 0. The van der Waals surface area contributed by atoms with Gasteiger partial charge < -0.3 is 10.4 Å². The molecule has 0 radical (unpaired) electrons. The van der Waals surface area contributed by atoms with Crippen molar-refractivity contribution in [1.82, 2.24) is 10.3 Å². The van der Waals surface area contributed by atoms with E-state index in [4.69, 9.17) is 5.11 Å². The Morgan fingerprint density at radius 3 is 2.74 bits per heavy atom. The molecule has 0 aromatic carbocycles. The molecule has 104 valence electrons. The first-order valence-electron chi connectivity index (χ1n) is 5.64. The van der Waals surface area contributed by atoms with Crippen LogP contribution in [0.25, 0.3) is 0 Å². The molecule has 0 aliphatic carbocycles. The Hall–Kier alpha value is -1.83. The van der Waals surface area contributed by atoms with Crippen molar-refractivity contribution < 1.29 is 23.1 Å². The topological polar surface area (TPSA) is 65.5 Å². The normalized spacial score (nSPS) is 19.7. The number of pyridine rings is 1. The van der Waals surface area contributed by atoms with Crippen molar-refractivity contribution in [3.05, 3.63) is 24.0 Å². The van der Waals surface area contributed by atoms with Gasteiger partial charge >= 0.3 is 12.2 Å². The number of hydrogen-bond acceptors (Lipinski definition) is 3. The quantitative estimate of drug-likeness (QED) is 0.876. The maximum absolute atomic E-state index is 12.4. The second-order valence-corrected chi connectivity index (χ2v) is 4.17. The smallest absolute Gasteiger partial charge is 0.396 e. The molecule has 5 nitrogen and oxygen atoms in total. The van der Waals surface area contributed by atoms with E-state index in [1.807, 2.05) is 0 Å². The number of halogens is 3. The highest BCUT2D eigenvalue weighted by Crippen LogP contribution is 2.29. The van der Waals surface area contributed by atoms with E-state index in [1.54, 1.807) is 0 Å². The van der Waals surface area contributed by atoms with Crippen LogP contribution in [0.3, 0.4) is 0 Å². The minimum absolute atomic E-state index is 0.0654. The molecule has 2 amide bonds. The van der Waals surface area contributed by atoms with E-state index in [1.165, 1.54) is 11.0 Å². The first kappa shape index (κ1) is 13.6. The summed E-state index contributed by atoms with van der Waals surface area (Å²) in [5, 5.41) is 11.4. The molecule has 1 aromatic heterocycles. The molecule has 1 aromatic rings. The standard InChI is InChI=1S/C11H12F3N3O2/c12-11(13,14)9-2-1-8(5-15-9)17-6-7(3-4-18)16-10(17)19/h1-2,5,7,18H,3-4,6H2,(H,16,19)/t7-/m0/s1. The molecular formula is C11H12F3N3O2. The van der Waals surface area contributed by atoms with Crippen molar-refractivity contribution in [2.45, 2.75) is 18.6 Å². The summed E-state index contributed by atoms with van der Waals surface area (Å²) in [4.78, 5) is 16.2. The van der Waals surface area contributed by atoms with E-state index in [2.05, 4.69) is 10.3 Å². The van der Waals surface area contributed by atoms with Crippen LogP contribution in [-0.2, 0) is 6.18 Å². The zero-order chi connectivity index (χ0) is 14.0. The first-order valence-corrected chi connectivity index (χ1v) is 5.64. The van der Waals surface area contributed by atoms with Gasteiger partial charge in [-0.3, -0.25) is 4.90 Å². The molecule has 2 N–H and O–H groups in total. The van der Waals surface area contributed by atoms with Crippen LogP contribution in [0.2, 0.25) is 0 Å². The van der Waals surface area contributed by atoms with Gasteiger partial charge in [-0.1, -0.05) is 0 Å². The number of rotatable bonds is 3. The predicted molar refractivity (Wildman–Crippen MR) is 60.6 cm³/mol. The van der Waals surface area contributed by atoms with Crippen LogP contribution < -0.4 is 10.2 Å². The molecule has 8 heteroatoms. The average Bonchev–Trinajstić information content (AvgIpc) is 2.70. The predicted octanol–water partition coefficient (Wildman–Crippen LogP) is 1.38. The fourth-order valence-corrected chi connectivity index (χ4v) is 1.86. The van der Waals surface area contributed by atoms with E-state index < -0.39 is 17.9 Å². The maximum Gasteiger partial charge on any atom is 0.433 e. The zero-order valence-electron chi connectivity index (χ0n) is 9.81. The number of alkyl halides is 3. The summed E-state index contributed by atoms with van der Waals surface area (Å²) in [7, 11) is 0. The number of nitrogens with zero attached hydrogens (tertiary/aromatic N) is 2. The Morgan fingerprint density at radius 1 is 1.47 bits per heavy atom. The molecule has 19 heavy (non-hydrogen) atoms. The van der Waals surface area contributed by atoms with Gasteiger partial charge in [0, 0.05) is 13.2 Å². The van der Waals surface area contributed by atoms with Crippen molar-refractivity contribution in [3.63, 3.8) is 0 Å². The third-order valence-corrected chi connectivity index (χ3v) is 2.80. The van der Waals surface area contributed by atoms with E-state index in [0.717, 1.165) is 12.3 Å². The number of carbonyl (C=O) groups excluding carboxylic acids is 1. The zero-order valence-corrected chi connectivity index (χ0v) is 9.81. The van der Waals surface area contributed by atoms with Crippen LogP contribution in [0.15, 0.2) is 18.3 Å². The summed E-state index contributed by atoms with van der Waals surface area (Å²) in [5.41, 5.74) is -0.700. The third-order valence-electron chi connectivity index (χ3n) is 2.80. The summed E-state index contributed by atoms with van der Waals surface area (Å²) in [6.45, 7) is 0.233. The lowest BCUT2D eigenvalue weighted by molar-refractivity contribution is -0.141. The monoisotopic (exact) mass is 275 g/mol. The third kappa shape index (κ3) is 2.95. The molecule has 1 aliphatic heterocycles. The minimum Gasteiger partial charge on any atom is -0.396 e. The molecule has 2 rings (SSSR count). The molecule has 0 unspecified atom stereocenters. The number of aliphatic hydroxyl groups is 1. The van der Waals surface area contributed by atoms with E-state index in [9.17, 15) is 18.0 Å². The van der Waals surface area contributed by atoms with Gasteiger partial charge in [0.1, 0.15) is 5.69 Å². The minimum atomic E-state index is -4.49. The molecule has 0 saturated carbocycles. The van der Waals surface area contributed by atoms with Gasteiger partial charge in [0.15, 0.2) is 0 Å².